The SMILES string of the molecule is N#Cc1cc([N+](=O)[O-])ccc1CS(=O)(=O)c1ccccc1. The Kier molecular flexibility index (Phi) is 4.00. The molecule has 6 nitrogen and oxygen atoms in total. The Balaban J connectivity index is 2.41. The van der Waals surface area contributed by atoms with E-state index >= 15 is 0 Å². The molecule has 0 bridgehead atoms. The van der Waals surface area contributed by atoms with Crippen LogP contribution in [0.5, 0.6) is 0 Å². The van der Waals surface area contributed by atoms with Crippen molar-refractivity contribution in [1.82, 2.24) is 0 Å². The summed E-state index contributed by atoms with van der Waals surface area (Å²) in [5, 5.41) is 19.7. The zero-order chi connectivity index (χ0) is 15.5. The minimum Gasteiger partial charge on any atom is -0.258 e. The van der Waals surface area contributed by atoms with Gasteiger partial charge in [0.15, 0.2) is 9.84 Å². The van der Waals surface area contributed by atoms with Gasteiger partial charge in [0.05, 0.1) is 27.2 Å². The van der Waals surface area contributed by atoms with Crippen LogP contribution in [0.15, 0.2) is 53.4 Å². The smallest absolute Gasteiger partial charge is 0.258 e. The van der Waals surface area contributed by atoms with Gasteiger partial charge in [-0.05, 0) is 23.8 Å². The molecule has 0 N–H and O–H groups in total. The molecule has 106 valence electrons. The van der Waals surface area contributed by atoms with Crippen LogP contribution in [0.4, 0.5) is 5.69 Å². The first-order valence-electron chi connectivity index (χ1n) is 5.89. The summed E-state index contributed by atoms with van der Waals surface area (Å²) < 4.78 is 24.5. The third-order valence-corrected chi connectivity index (χ3v) is 4.55. The van der Waals surface area contributed by atoms with Crippen LogP contribution < -0.4 is 0 Å². The van der Waals surface area contributed by atoms with Gasteiger partial charge in [0, 0.05) is 12.1 Å². The number of nitro groups is 1. The summed E-state index contributed by atoms with van der Waals surface area (Å²) in [4.78, 5) is 10.2. The molecule has 0 fully saturated rings. The van der Waals surface area contributed by atoms with E-state index in [4.69, 9.17) is 5.26 Å². The van der Waals surface area contributed by atoms with Crippen molar-refractivity contribution < 1.29 is 13.3 Å². The third kappa shape index (κ3) is 3.24. The van der Waals surface area contributed by atoms with Gasteiger partial charge in [0.1, 0.15) is 0 Å². The molecular formula is C14H10N2O4S. The van der Waals surface area contributed by atoms with E-state index < -0.39 is 14.8 Å². The van der Waals surface area contributed by atoms with E-state index in [1.165, 1.54) is 24.3 Å². The number of benzene rings is 2. The van der Waals surface area contributed by atoms with Crippen molar-refractivity contribution in [3.8, 4) is 6.07 Å². The van der Waals surface area contributed by atoms with E-state index in [-0.39, 0.29) is 27.5 Å². The molecule has 0 aliphatic rings. The van der Waals surface area contributed by atoms with Gasteiger partial charge in [-0.25, -0.2) is 8.42 Å². The summed E-state index contributed by atoms with van der Waals surface area (Å²) in [6.45, 7) is 0. The molecular weight excluding hydrogens is 292 g/mol. The number of hydrogen-bond donors (Lipinski definition) is 0. The van der Waals surface area contributed by atoms with Gasteiger partial charge in [-0.15, -0.1) is 0 Å². The Morgan fingerprint density at radius 1 is 1.14 bits per heavy atom. The number of nitrogens with zero attached hydrogens (tertiary/aromatic N) is 2. The maximum absolute atomic E-state index is 12.2. The number of nitriles is 1. The summed E-state index contributed by atoms with van der Waals surface area (Å²) >= 11 is 0. The lowest BCUT2D eigenvalue weighted by atomic mass is 10.1. The van der Waals surface area contributed by atoms with Crippen molar-refractivity contribution in [2.75, 3.05) is 0 Å². The first-order chi connectivity index (χ1) is 9.94. The monoisotopic (exact) mass is 302 g/mol. The molecule has 0 saturated carbocycles. The van der Waals surface area contributed by atoms with Gasteiger partial charge in [-0.2, -0.15) is 5.26 Å². The van der Waals surface area contributed by atoms with Crippen LogP contribution in [0.25, 0.3) is 0 Å². The Morgan fingerprint density at radius 2 is 1.81 bits per heavy atom. The summed E-state index contributed by atoms with van der Waals surface area (Å²) in [5.41, 5.74) is -0.0110. The molecule has 0 spiro atoms. The van der Waals surface area contributed by atoms with Crippen LogP contribution >= 0.6 is 0 Å². The Labute approximate surface area is 121 Å². The molecule has 0 atom stereocenters. The van der Waals surface area contributed by atoms with Crippen LogP contribution in [0.2, 0.25) is 0 Å². The molecule has 0 aromatic heterocycles. The van der Waals surface area contributed by atoms with E-state index in [0.29, 0.717) is 0 Å². The lowest BCUT2D eigenvalue weighted by Gasteiger charge is -2.06. The predicted octanol–water partition coefficient (Wildman–Crippen LogP) is 2.44. The van der Waals surface area contributed by atoms with Crippen LogP contribution in [0, 0.1) is 21.4 Å². The molecule has 0 unspecified atom stereocenters. The van der Waals surface area contributed by atoms with Crippen LogP contribution in [-0.4, -0.2) is 13.3 Å². The maximum Gasteiger partial charge on any atom is 0.270 e. The first-order valence-corrected chi connectivity index (χ1v) is 7.54. The Bertz CT molecular complexity index is 824. The molecule has 0 aliphatic heterocycles. The standard InChI is InChI=1S/C14H10N2O4S/c15-9-12-8-13(16(17)18)7-6-11(12)10-21(19,20)14-4-2-1-3-5-14/h1-8H,10H2. The van der Waals surface area contributed by atoms with E-state index in [1.54, 1.807) is 24.3 Å². The van der Waals surface area contributed by atoms with Crippen molar-refractivity contribution in [3.05, 3.63) is 69.8 Å². The Hall–Kier alpha value is -2.72. The van der Waals surface area contributed by atoms with Crippen molar-refractivity contribution in [3.63, 3.8) is 0 Å². The highest BCUT2D eigenvalue weighted by atomic mass is 32.2. The van der Waals surface area contributed by atoms with E-state index in [0.717, 1.165) is 6.07 Å². The second-order valence-electron chi connectivity index (χ2n) is 4.28. The first kappa shape index (κ1) is 14.7. The van der Waals surface area contributed by atoms with Gasteiger partial charge in [0.25, 0.3) is 5.69 Å². The van der Waals surface area contributed by atoms with Crippen molar-refractivity contribution in [2.45, 2.75) is 10.6 Å². The average molecular weight is 302 g/mol. The van der Waals surface area contributed by atoms with Gasteiger partial charge in [-0.3, -0.25) is 10.1 Å². The lowest BCUT2D eigenvalue weighted by molar-refractivity contribution is -0.384. The fourth-order valence-corrected chi connectivity index (χ4v) is 3.22. The molecule has 2 aromatic rings. The van der Waals surface area contributed by atoms with E-state index in [2.05, 4.69) is 0 Å². The van der Waals surface area contributed by atoms with Gasteiger partial charge in [0.2, 0.25) is 0 Å². The van der Waals surface area contributed by atoms with Crippen LogP contribution in [0.3, 0.4) is 0 Å². The quantitative estimate of drug-likeness (QED) is 0.637. The number of non-ortho nitro benzene ring substituents is 1. The topological polar surface area (TPSA) is 101 Å². The van der Waals surface area contributed by atoms with Gasteiger partial charge < -0.3 is 0 Å². The minimum absolute atomic E-state index is 0.0105. The van der Waals surface area contributed by atoms with Crippen LogP contribution in [-0.2, 0) is 15.6 Å². The maximum atomic E-state index is 12.2. The molecule has 0 aliphatic carbocycles. The third-order valence-electron chi connectivity index (χ3n) is 2.87. The molecule has 0 amide bonds. The molecule has 7 heteroatoms. The summed E-state index contributed by atoms with van der Waals surface area (Å²) in [7, 11) is -3.60. The highest BCUT2D eigenvalue weighted by molar-refractivity contribution is 7.90. The summed E-state index contributed by atoms with van der Waals surface area (Å²) in [5.74, 6) is -0.377. The average Bonchev–Trinajstić information content (AvgIpc) is 2.48. The van der Waals surface area contributed by atoms with E-state index in [9.17, 15) is 18.5 Å². The molecule has 2 aromatic carbocycles. The Morgan fingerprint density at radius 3 is 2.38 bits per heavy atom. The summed E-state index contributed by atoms with van der Waals surface area (Å²) in [6, 6.07) is 13.2. The fourth-order valence-electron chi connectivity index (χ4n) is 1.82. The van der Waals surface area contributed by atoms with Gasteiger partial charge >= 0.3 is 0 Å². The molecule has 0 radical (unpaired) electrons. The molecule has 0 heterocycles. The molecule has 2 rings (SSSR count). The highest BCUT2D eigenvalue weighted by Crippen LogP contribution is 2.22. The number of nitro benzene ring substituents is 1. The second kappa shape index (κ2) is 5.73. The lowest BCUT2D eigenvalue weighted by Crippen LogP contribution is -2.06. The largest absolute Gasteiger partial charge is 0.270 e. The number of rotatable bonds is 4. The van der Waals surface area contributed by atoms with Gasteiger partial charge in [-0.1, -0.05) is 18.2 Å². The summed E-state index contributed by atoms with van der Waals surface area (Å²) in [6.07, 6.45) is 0. The number of sulfone groups is 1. The fraction of sp³-hybridized carbons (Fsp3) is 0.0714. The van der Waals surface area contributed by atoms with Crippen LogP contribution in [0.1, 0.15) is 11.1 Å². The number of hydrogen-bond acceptors (Lipinski definition) is 5. The van der Waals surface area contributed by atoms with Crippen molar-refractivity contribution in [2.24, 2.45) is 0 Å². The molecule has 0 saturated heterocycles. The second-order valence-corrected chi connectivity index (χ2v) is 6.27. The predicted molar refractivity (Wildman–Crippen MR) is 75.1 cm³/mol. The zero-order valence-corrected chi connectivity index (χ0v) is 11.6. The highest BCUT2D eigenvalue weighted by Gasteiger charge is 2.19. The minimum atomic E-state index is -3.60. The van der Waals surface area contributed by atoms with Crippen molar-refractivity contribution in [1.29, 1.82) is 5.26 Å². The normalized spacial score (nSPS) is 10.8. The van der Waals surface area contributed by atoms with E-state index in [1.807, 2.05) is 0 Å². The van der Waals surface area contributed by atoms with Crippen molar-refractivity contribution >= 4 is 15.5 Å². The molecule has 21 heavy (non-hydrogen) atoms. The zero-order valence-electron chi connectivity index (χ0n) is 10.8.